The van der Waals surface area contributed by atoms with E-state index in [1.165, 1.54) is 23.3 Å². The first-order valence-electron chi connectivity index (χ1n) is 2.88. The maximum absolute atomic E-state index is 7.56. The Balaban J connectivity index is -0.000000131. The van der Waals surface area contributed by atoms with Crippen LogP contribution in [0.3, 0.4) is 0 Å². The van der Waals surface area contributed by atoms with E-state index in [1.807, 2.05) is 6.08 Å². The normalized spacial score (nSPS) is 10.3. The summed E-state index contributed by atoms with van der Waals surface area (Å²) in [5.41, 5.74) is 0. The first kappa shape index (κ1) is 20.8. The molecular formula is C3H11O6P2S2Zn. The van der Waals surface area contributed by atoms with Crippen molar-refractivity contribution in [2.24, 2.45) is 0 Å². The Morgan fingerprint density at radius 2 is 1.07 bits per heavy atom. The second-order valence-corrected chi connectivity index (χ2v) is 7.81. The predicted octanol–water partition coefficient (Wildman–Crippen LogP) is -0.487. The predicted molar refractivity (Wildman–Crippen MR) is 56.9 cm³/mol. The van der Waals surface area contributed by atoms with E-state index in [2.05, 4.69) is 30.2 Å². The molecule has 0 aromatic heterocycles. The third kappa shape index (κ3) is 353. The summed E-state index contributed by atoms with van der Waals surface area (Å²) in [5, 5.41) is 1.21. The largest absolute Gasteiger partial charge is 0.325 e. The number of rotatable bonds is 1. The third-order valence-electron chi connectivity index (χ3n) is 0.204. The Labute approximate surface area is 102 Å². The van der Waals surface area contributed by atoms with Crippen LogP contribution < -0.4 is 0 Å². The van der Waals surface area contributed by atoms with E-state index < -0.39 is 13.4 Å². The van der Waals surface area contributed by atoms with Crippen LogP contribution in [-0.4, -0.2) is 29.4 Å². The van der Waals surface area contributed by atoms with Gasteiger partial charge in [-0.25, -0.2) is 0 Å². The summed E-state index contributed by atoms with van der Waals surface area (Å²) in [6.07, 6.45) is 1.93. The SMILES string of the molecule is C=C[CH2][Zn].OP(O)(O)=S.OP(O)(O)=S. The van der Waals surface area contributed by atoms with E-state index in [9.17, 15) is 0 Å². The first-order valence-corrected chi connectivity index (χ1v) is 10.3. The minimum Gasteiger partial charge on any atom is -0.325 e. The van der Waals surface area contributed by atoms with Crippen molar-refractivity contribution in [3.63, 3.8) is 0 Å². The van der Waals surface area contributed by atoms with E-state index >= 15 is 0 Å². The van der Waals surface area contributed by atoms with Crippen LogP contribution in [0.15, 0.2) is 12.7 Å². The Kier molecular flexibility index (Phi) is 16.2. The molecule has 0 aromatic carbocycles. The van der Waals surface area contributed by atoms with Crippen molar-refractivity contribution in [3.8, 4) is 0 Å². The molecule has 0 bridgehead atoms. The molecule has 0 radical (unpaired) electrons. The van der Waals surface area contributed by atoms with Gasteiger partial charge < -0.3 is 29.4 Å². The molecule has 0 aromatic rings. The van der Waals surface area contributed by atoms with Gasteiger partial charge in [0.05, 0.1) is 0 Å². The number of hydrogen-bond donors (Lipinski definition) is 6. The van der Waals surface area contributed by atoms with Gasteiger partial charge in [0.25, 0.3) is 0 Å². The maximum atomic E-state index is 7.56. The molecule has 83 valence electrons. The summed E-state index contributed by atoms with van der Waals surface area (Å²) < 4.78 is 0. The molecule has 0 amide bonds. The van der Waals surface area contributed by atoms with Crippen molar-refractivity contribution in [2.75, 3.05) is 0 Å². The zero-order chi connectivity index (χ0) is 12.4. The van der Waals surface area contributed by atoms with Gasteiger partial charge in [0, 0.05) is 0 Å². The fourth-order valence-electron chi connectivity index (χ4n) is 0. The van der Waals surface area contributed by atoms with E-state index in [0.29, 0.717) is 0 Å². The van der Waals surface area contributed by atoms with Gasteiger partial charge in [-0.3, -0.25) is 0 Å². The van der Waals surface area contributed by atoms with Crippen LogP contribution in [0.5, 0.6) is 0 Å². The smallest absolute Gasteiger partial charge is 0.319 e. The molecule has 0 atom stereocenters. The fraction of sp³-hybridized carbons (Fsp3) is 0.333. The summed E-state index contributed by atoms with van der Waals surface area (Å²) >= 11 is 8.56. The summed E-state index contributed by atoms with van der Waals surface area (Å²) in [4.78, 5) is 45.3. The van der Waals surface area contributed by atoms with Gasteiger partial charge in [0.1, 0.15) is 0 Å². The monoisotopic (exact) mass is 333 g/mol. The van der Waals surface area contributed by atoms with Gasteiger partial charge >= 0.3 is 49.4 Å². The molecule has 0 saturated carbocycles. The molecule has 0 spiro atoms. The summed E-state index contributed by atoms with van der Waals surface area (Å²) in [6.45, 7) is -4.10. The average Bonchev–Trinajstić information content (AvgIpc) is 1.79. The summed E-state index contributed by atoms with van der Waals surface area (Å²) in [6, 6.07) is 0. The summed E-state index contributed by atoms with van der Waals surface area (Å²) in [7, 11) is 0. The molecule has 0 saturated heterocycles. The van der Waals surface area contributed by atoms with E-state index in [4.69, 9.17) is 29.4 Å². The third-order valence-corrected chi connectivity index (χ3v) is 1.06. The summed E-state index contributed by atoms with van der Waals surface area (Å²) in [5.74, 6) is 0. The first-order chi connectivity index (χ1) is 5.91. The van der Waals surface area contributed by atoms with Gasteiger partial charge in [-0.1, -0.05) is 0 Å². The fourth-order valence-corrected chi connectivity index (χ4v) is 0. The molecule has 6 N–H and O–H groups in total. The van der Waals surface area contributed by atoms with Gasteiger partial charge in [-0.05, 0) is 23.6 Å². The van der Waals surface area contributed by atoms with Crippen molar-refractivity contribution < 1.29 is 47.7 Å². The van der Waals surface area contributed by atoms with Crippen molar-refractivity contribution in [1.29, 1.82) is 0 Å². The van der Waals surface area contributed by atoms with Crippen LogP contribution in [0, 0.1) is 0 Å². The van der Waals surface area contributed by atoms with E-state index in [0.717, 1.165) is 0 Å². The quantitative estimate of drug-likeness (QED) is 0.216. The molecular weight excluding hydrogens is 323 g/mol. The van der Waals surface area contributed by atoms with E-state index in [1.54, 1.807) is 0 Å². The Bertz CT molecular complexity index is 187. The van der Waals surface area contributed by atoms with Gasteiger partial charge in [0.2, 0.25) is 0 Å². The second-order valence-electron chi connectivity index (χ2n) is 1.60. The molecule has 0 aliphatic heterocycles. The minimum absolute atomic E-state index is 1.21. The Morgan fingerprint density at radius 1 is 1.00 bits per heavy atom. The maximum Gasteiger partial charge on any atom is 0.319 e. The van der Waals surface area contributed by atoms with Crippen LogP contribution >= 0.6 is 13.4 Å². The zero-order valence-electron chi connectivity index (χ0n) is 7.09. The average molecular weight is 335 g/mol. The van der Waals surface area contributed by atoms with Crippen LogP contribution in [0.1, 0.15) is 0 Å². The van der Waals surface area contributed by atoms with Crippen LogP contribution in [0.25, 0.3) is 0 Å². The second kappa shape index (κ2) is 10.9. The topological polar surface area (TPSA) is 121 Å². The Hall–Kier alpha value is 1.42. The van der Waals surface area contributed by atoms with Crippen LogP contribution in [0.2, 0.25) is 5.02 Å². The van der Waals surface area contributed by atoms with Crippen molar-refractivity contribution >= 4 is 37.1 Å². The van der Waals surface area contributed by atoms with Gasteiger partial charge in [-0.2, -0.15) is 0 Å². The molecule has 0 fully saturated rings. The molecule has 0 heterocycles. The molecule has 11 heteroatoms. The van der Waals surface area contributed by atoms with Crippen molar-refractivity contribution in [2.45, 2.75) is 5.02 Å². The molecule has 0 unspecified atom stereocenters. The minimum atomic E-state index is -3.81. The molecule has 0 aliphatic carbocycles. The van der Waals surface area contributed by atoms with Crippen molar-refractivity contribution in [1.82, 2.24) is 0 Å². The van der Waals surface area contributed by atoms with Crippen LogP contribution in [0.4, 0.5) is 0 Å². The number of allylic oxidation sites excluding steroid dienone is 1. The zero-order valence-corrected chi connectivity index (χ0v) is 13.5. The van der Waals surface area contributed by atoms with E-state index in [-0.39, 0.29) is 0 Å². The standard InChI is InChI=1S/C3H5.2H3O3PS.Zn/c1-3-2;2*1-4(2,3)5;/h3H,1-2H2;2*(H3,1,2,3,5);. The number of hydrogen-bond acceptors (Lipinski definition) is 2. The van der Waals surface area contributed by atoms with Crippen LogP contribution in [-0.2, 0) is 41.9 Å². The Morgan fingerprint density at radius 3 is 1.07 bits per heavy atom. The van der Waals surface area contributed by atoms with Crippen molar-refractivity contribution in [3.05, 3.63) is 12.7 Å². The molecule has 14 heavy (non-hydrogen) atoms. The molecule has 0 aliphatic rings. The van der Waals surface area contributed by atoms with Gasteiger partial charge in [-0.15, -0.1) is 0 Å². The molecule has 6 nitrogen and oxygen atoms in total. The van der Waals surface area contributed by atoms with Gasteiger partial charge in [0.15, 0.2) is 0 Å². The molecule has 0 rings (SSSR count).